The number of allylic oxidation sites excluding steroid dienone is 1. The summed E-state index contributed by atoms with van der Waals surface area (Å²) in [6.45, 7) is 4.61. The highest BCUT2D eigenvalue weighted by atomic mass is 35.5. The van der Waals surface area contributed by atoms with Crippen LogP contribution in [0.5, 0.6) is 11.5 Å². The molecule has 3 heterocycles. The van der Waals surface area contributed by atoms with E-state index < -0.39 is 0 Å². The van der Waals surface area contributed by atoms with Crippen molar-refractivity contribution in [1.29, 1.82) is 0 Å². The van der Waals surface area contributed by atoms with Crippen LogP contribution in [0.4, 0.5) is 5.82 Å². The van der Waals surface area contributed by atoms with Gasteiger partial charge in [-0.25, -0.2) is 4.98 Å². The van der Waals surface area contributed by atoms with Crippen LogP contribution < -0.4 is 20.3 Å². The number of nitrogens with one attached hydrogen (secondary N) is 1. The fourth-order valence-electron chi connectivity index (χ4n) is 4.45. The number of carbonyl (C=O) groups excluding carboxylic acids is 1. The summed E-state index contributed by atoms with van der Waals surface area (Å²) in [5.41, 5.74) is 0.665. The highest BCUT2D eigenvalue weighted by molar-refractivity contribution is 6.41. The average molecular weight is 532 g/mol. The van der Waals surface area contributed by atoms with Crippen LogP contribution >= 0.6 is 23.2 Å². The van der Waals surface area contributed by atoms with Gasteiger partial charge >= 0.3 is 0 Å². The van der Waals surface area contributed by atoms with Gasteiger partial charge in [-0.05, 0) is 30.5 Å². The van der Waals surface area contributed by atoms with Gasteiger partial charge in [0.15, 0.2) is 5.78 Å². The molecule has 0 radical (unpaired) electrons. The summed E-state index contributed by atoms with van der Waals surface area (Å²) in [4.78, 5) is 29.9. The first kappa shape index (κ1) is 26.0. The molecule has 36 heavy (non-hydrogen) atoms. The van der Waals surface area contributed by atoms with Gasteiger partial charge < -0.3 is 24.1 Å². The summed E-state index contributed by atoms with van der Waals surface area (Å²) < 4.78 is 17.8. The second kappa shape index (κ2) is 10.9. The van der Waals surface area contributed by atoms with E-state index in [1.807, 2.05) is 0 Å². The number of hydrogen-bond acceptors (Lipinski definition) is 7. The van der Waals surface area contributed by atoms with E-state index in [0.29, 0.717) is 59.0 Å². The summed E-state index contributed by atoms with van der Waals surface area (Å²) in [5.74, 6) is 1.35. The molecule has 3 aromatic rings. The lowest BCUT2D eigenvalue weighted by Crippen LogP contribution is -2.39. The zero-order valence-corrected chi connectivity index (χ0v) is 21.8. The molecule has 8 nitrogen and oxygen atoms in total. The number of hydrogen-bond donors (Lipinski definition) is 1. The Kier molecular flexibility index (Phi) is 7.88. The van der Waals surface area contributed by atoms with E-state index in [-0.39, 0.29) is 33.3 Å². The number of carbonyl (C=O) groups is 1. The van der Waals surface area contributed by atoms with Crippen LogP contribution in [0.3, 0.4) is 0 Å². The molecule has 0 saturated carbocycles. The van der Waals surface area contributed by atoms with E-state index in [4.69, 9.17) is 37.4 Å². The van der Waals surface area contributed by atoms with Crippen LogP contribution in [-0.4, -0.2) is 48.8 Å². The maximum absolute atomic E-state index is 13.4. The number of benzene rings is 1. The number of aromatic nitrogens is 2. The molecule has 2 aromatic heterocycles. The zero-order valence-electron chi connectivity index (χ0n) is 20.3. The zero-order chi connectivity index (χ0) is 26.0. The van der Waals surface area contributed by atoms with Crippen LogP contribution in [0.15, 0.2) is 41.8 Å². The lowest BCUT2D eigenvalue weighted by molar-refractivity contribution is -0.116. The molecule has 4 rings (SSSR count). The van der Waals surface area contributed by atoms with Crippen LogP contribution in [-0.2, 0) is 16.6 Å². The number of fused-ring (bicyclic) bond motifs is 1. The fourth-order valence-corrected chi connectivity index (χ4v) is 5.14. The van der Waals surface area contributed by atoms with Crippen molar-refractivity contribution in [2.45, 2.75) is 18.9 Å². The quantitative estimate of drug-likeness (QED) is 0.413. The van der Waals surface area contributed by atoms with Gasteiger partial charge in [0.1, 0.15) is 17.3 Å². The van der Waals surface area contributed by atoms with Gasteiger partial charge in [0, 0.05) is 43.3 Å². The average Bonchev–Trinajstić information content (AvgIpc) is 2.88. The highest BCUT2D eigenvalue weighted by Crippen LogP contribution is 2.46. The van der Waals surface area contributed by atoms with Gasteiger partial charge in [-0.15, -0.1) is 0 Å². The number of ether oxygens (including phenoxy) is 3. The minimum Gasteiger partial charge on any atom is -0.495 e. The Morgan fingerprint density at radius 2 is 1.94 bits per heavy atom. The minimum absolute atomic E-state index is 0.00642. The van der Waals surface area contributed by atoms with Gasteiger partial charge in [0.25, 0.3) is 5.56 Å². The summed E-state index contributed by atoms with van der Waals surface area (Å²) in [6.07, 6.45) is 4.10. The monoisotopic (exact) mass is 531 g/mol. The molecule has 2 atom stereocenters. The van der Waals surface area contributed by atoms with Gasteiger partial charge in [0.2, 0.25) is 0 Å². The number of ketones is 1. The lowest BCUT2D eigenvalue weighted by atomic mass is 9.89. The molecule has 10 heteroatoms. The lowest BCUT2D eigenvalue weighted by Gasteiger charge is -2.32. The Morgan fingerprint density at radius 1 is 1.25 bits per heavy atom. The van der Waals surface area contributed by atoms with E-state index in [2.05, 4.69) is 16.9 Å². The Hall–Kier alpha value is -3.07. The third-order valence-electron chi connectivity index (χ3n) is 6.48. The molecule has 0 aliphatic carbocycles. The Labute approximate surface area is 218 Å². The predicted octanol–water partition coefficient (Wildman–Crippen LogP) is 4.89. The number of pyridine rings is 2. The van der Waals surface area contributed by atoms with Gasteiger partial charge in [-0.3, -0.25) is 9.59 Å². The summed E-state index contributed by atoms with van der Waals surface area (Å²) in [7, 11) is 4.63. The third-order valence-corrected chi connectivity index (χ3v) is 7.23. The largest absolute Gasteiger partial charge is 0.495 e. The smallest absolute Gasteiger partial charge is 0.258 e. The molecule has 0 amide bonds. The van der Waals surface area contributed by atoms with Crippen molar-refractivity contribution >= 4 is 45.6 Å². The summed E-state index contributed by atoms with van der Waals surface area (Å²) in [6, 6.07) is 4.99. The molecule has 1 aliphatic heterocycles. The van der Waals surface area contributed by atoms with E-state index in [1.165, 1.54) is 24.9 Å². The summed E-state index contributed by atoms with van der Waals surface area (Å²) in [5, 5.41) is 4.96. The van der Waals surface area contributed by atoms with Crippen LogP contribution in [0.1, 0.15) is 12.8 Å². The SMILES string of the molecule is C=CC(=O)C[C@H]1CCOC[C@H]1Nc1cc2c(=O)n(C)c(-c3c(Cl)c(OC)cc(OC)c3Cl)cc2cn1. The Balaban J connectivity index is 1.75. The number of methoxy groups -OCH3 is 2. The third kappa shape index (κ3) is 4.93. The topological polar surface area (TPSA) is 91.7 Å². The van der Waals surface area contributed by atoms with Crippen LogP contribution in [0, 0.1) is 5.92 Å². The fraction of sp³-hybridized carbons (Fsp3) is 0.346. The number of nitrogens with zero attached hydrogens (tertiary/aromatic N) is 2. The van der Waals surface area contributed by atoms with E-state index in [9.17, 15) is 9.59 Å². The Morgan fingerprint density at radius 3 is 2.58 bits per heavy atom. The van der Waals surface area contributed by atoms with E-state index >= 15 is 0 Å². The molecule has 1 aliphatic rings. The van der Waals surface area contributed by atoms with Crippen molar-refractivity contribution in [2.75, 3.05) is 32.8 Å². The van der Waals surface area contributed by atoms with Crippen LogP contribution in [0.2, 0.25) is 10.0 Å². The summed E-state index contributed by atoms with van der Waals surface area (Å²) >= 11 is 13.2. The van der Waals surface area contributed by atoms with Gasteiger partial charge in [-0.2, -0.15) is 0 Å². The van der Waals surface area contributed by atoms with Crippen molar-refractivity contribution < 1.29 is 19.0 Å². The molecule has 1 saturated heterocycles. The highest BCUT2D eigenvalue weighted by Gasteiger charge is 2.28. The normalized spacial score (nSPS) is 17.6. The van der Waals surface area contributed by atoms with Crippen LogP contribution in [0.25, 0.3) is 22.0 Å². The predicted molar refractivity (Wildman–Crippen MR) is 142 cm³/mol. The van der Waals surface area contributed by atoms with E-state index in [0.717, 1.165) is 6.42 Å². The van der Waals surface area contributed by atoms with Crippen molar-refractivity contribution in [2.24, 2.45) is 13.0 Å². The van der Waals surface area contributed by atoms with Crippen molar-refractivity contribution in [3.05, 3.63) is 57.4 Å². The number of rotatable bonds is 8. The van der Waals surface area contributed by atoms with Crippen molar-refractivity contribution in [3.63, 3.8) is 0 Å². The number of halogens is 2. The van der Waals surface area contributed by atoms with E-state index in [1.54, 1.807) is 31.4 Å². The molecular weight excluding hydrogens is 505 g/mol. The second-order valence-electron chi connectivity index (χ2n) is 8.58. The number of anilines is 1. The van der Waals surface area contributed by atoms with Gasteiger partial charge in [0.05, 0.1) is 48.0 Å². The second-order valence-corrected chi connectivity index (χ2v) is 9.34. The van der Waals surface area contributed by atoms with Crippen molar-refractivity contribution in [1.82, 2.24) is 9.55 Å². The van der Waals surface area contributed by atoms with Gasteiger partial charge in [-0.1, -0.05) is 29.8 Å². The molecular formula is C26H27Cl2N3O5. The molecule has 0 bridgehead atoms. The molecule has 1 N–H and O–H groups in total. The Bertz CT molecular complexity index is 1360. The standard InChI is InChI=1S/C26H27Cl2N3O5/c1-5-16(32)8-14-6-7-36-13-18(14)30-22-10-17-15(12-29-22)9-19(31(2)26(17)33)23-24(27)20(34-3)11-21(35-4)25(23)28/h5,9-12,14,18H,1,6-8,13H2,2-4H3,(H,29,30)/t14-,18-/m1/s1. The van der Waals surface area contributed by atoms with Crippen molar-refractivity contribution in [3.8, 4) is 22.8 Å². The molecule has 1 fully saturated rings. The molecule has 0 unspecified atom stereocenters. The first-order valence-corrected chi connectivity index (χ1v) is 12.1. The first-order valence-electron chi connectivity index (χ1n) is 11.4. The maximum atomic E-state index is 13.4. The minimum atomic E-state index is -0.250. The maximum Gasteiger partial charge on any atom is 0.258 e. The molecule has 190 valence electrons. The first-order chi connectivity index (χ1) is 17.3. The molecule has 0 spiro atoms. The molecule has 1 aromatic carbocycles.